The van der Waals surface area contributed by atoms with Crippen LogP contribution in [0.2, 0.25) is 5.02 Å². The number of hydrogen-bond acceptors (Lipinski definition) is 4. The smallest absolute Gasteiger partial charge is 0.341 e. The van der Waals surface area contributed by atoms with Gasteiger partial charge in [0.1, 0.15) is 11.4 Å². The first-order chi connectivity index (χ1) is 12.4. The molecule has 1 fully saturated rings. The molecule has 1 aliphatic rings. The minimum absolute atomic E-state index is 0.129. The summed E-state index contributed by atoms with van der Waals surface area (Å²) in [6, 6.07) is 12.2. The largest absolute Gasteiger partial charge is 0.482 e. The monoisotopic (exact) mass is 372 g/mol. The number of aliphatic carboxylic acids is 1. The summed E-state index contributed by atoms with van der Waals surface area (Å²) in [5.74, 6) is -1.17. The molecular formula is C18H13ClN2O5. The van der Waals surface area contributed by atoms with E-state index >= 15 is 0 Å². The zero-order chi connectivity index (χ0) is 18.7. The molecule has 1 aliphatic heterocycles. The number of ether oxygens (including phenoxy) is 1. The van der Waals surface area contributed by atoms with E-state index in [4.69, 9.17) is 21.4 Å². The normalized spacial score (nSPS) is 15.3. The summed E-state index contributed by atoms with van der Waals surface area (Å²) in [6.07, 6.45) is 1.52. The molecule has 0 bridgehead atoms. The van der Waals surface area contributed by atoms with Crippen LogP contribution in [0, 0.1) is 0 Å². The molecule has 0 saturated carbocycles. The van der Waals surface area contributed by atoms with Crippen LogP contribution in [-0.4, -0.2) is 29.6 Å². The van der Waals surface area contributed by atoms with E-state index in [1.807, 2.05) is 0 Å². The standard InChI is InChI=1S/C18H13ClN2O5/c19-12-3-5-13(6-4-12)21-17(24)15(20-18(21)25)9-11-1-7-14(8-2-11)26-10-16(22)23/h1-9H,10H2,(H,20,25)(H,22,23)/b15-9+. The predicted molar refractivity (Wildman–Crippen MR) is 95.0 cm³/mol. The first-order valence-electron chi connectivity index (χ1n) is 7.51. The average molecular weight is 373 g/mol. The van der Waals surface area contributed by atoms with E-state index in [1.54, 1.807) is 48.5 Å². The van der Waals surface area contributed by atoms with Crippen molar-refractivity contribution < 1.29 is 24.2 Å². The number of carboxylic acid groups (broad SMARTS) is 1. The molecule has 132 valence electrons. The molecule has 7 nitrogen and oxygen atoms in total. The maximum atomic E-state index is 12.5. The summed E-state index contributed by atoms with van der Waals surface area (Å²) >= 11 is 5.82. The summed E-state index contributed by atoms with van der Waals surface area (Å²) in [5.41, 5.74) is 1.19. The van der Waals surface area contributed by atoms with Gasteiger partial charge in [-0.1, -0.05) is 23.7 Å². The van der Waals surface area contributed by atoms with Gasteiger partial charge in [-0.2, -0.15) is 0 Å². The van der Waals surface area contributed by atoms with Crippen molar-refractivity contribution in [3.8, 4) is 5.75 Å². The molecule has 2 aromatic rings. The zero-order valence-electron chi connectivity index (χ0n) is 13.3. The van der Waals surface area contributed by atoms with Crippen molar-refractivity contribution in [3.63, 3.8) is 0 Å². The Morgan fingerprint density at radius 2 is 1.77 bits per heavy atom. The summed E-state index contributed by atoms with van der Waals surface area (Å²) in [6.45, 7) is -0.439. The van der Waals surface area contributed by atoms with E-state index < -0.39 is 24.5 Å². The molecule has 3 rings (SSSR count). The van der Waals surface area contributed by atoms with E-state index in [2.05, 4.69) is 5.32 Å². The van der Waals surface area contributed by atoms with E-state index in [9.17, 15) is 14.4 Å². The lowest BCUT2D eigenvalue weighted by atomic mass is 10.2. The fourth-order valence-corrected chi connectivity index (χ4v) is 2.46. The second-order valence-corrected chi connectivity index (χ2v) is 5.79. The molecule has 26 heavy (non-hydrogen) atoms. The van der Waals surface area contributed by atoms with Gasteiger partial charge in [-0.05, 0) is 48.0 Å². The van der Waals surface area contributed by atoms with Crippen LogP contribution in [0.15, 0.2) is 54.2 Å². The number of rotatable bonds is 5. The minimum Gasteiger partial charge on any atom is -0.482 e. The molecule has 2 N–H and O–H groups in total. The molecule has 1 saturated heterocycles. The number of imide groups is 1. The summed E-state index contributed by atoms with van der Waals surface area (Å²) in [5, 5.41) is 11.6. The Morgan fingerprint density at radius 1 is 1.12 bits per heavy atom. The molecule has 0 aromatic heterocycles. The fraction of sp³-hybridized carbons (Fsp3) is 0.0556. The lowest BCUT2D eigenvalue weighted by Crippen LogP contribution is -2.30. The van der Waals surface area contributed by atoms with E-state index in [-0.39, 0.29) is 5.70 Å². The van der Waals surface area contributed by atoms with Crippen LogP contribution in [0.1, 0.15) is 5.56 Å². The summed E-state index contributed by atoms with van der Waals surface area (Å²) < 4.78 is 5.04. The molecule has 0 radical (unpaired) electrons. The van der Waals surface area contributed by atoms with Crippen LogP contribution in [0.5, 0.6) is 5.75 Å². The van der Waals surface area contributed by atoms with Crippen molar-refractivity contribution in [2.75, 3.05) is 11.5 Å². The SMILES string of the molecule is O=C(O)COc1ccc(/C=C2/NC(=O)N(c3ccc(Cl)cc3)C2=O)cc1. The second kappa shape index (κ2) is 7.28. The number of benzene rings is 2. The van der Waals surface area contributed by atoms with E-state index in [0.29, 0.717) is 22.0 Å². The topological polar surface area (TPSA) is 95.9 Å². The van der Waals surface area contributed by atoms with E-state index in [1.165, 1.54) is 6.08 Å². The van der Waals surface area contributed by atoms with Crippen molar-refractivity contribution in [2.45, 2.75) is 0 Å². The van der Waals surface area contributed by atoms with Crippen molar-refractivity contribution in [1.82, 2.24) is 5.32 Å². The van der Waals surface area contributed by atoms with Gasteiger partial charge in [-0.25, -0.2) is 14.5 Å². The minimum atomic E-state index is -1.07. The first kappa shape index (κ1) is 17.5. The fourth-order valence-electron chi connectivity index (χ4n) is 2.33. The number of nitrogens with one attached hydrogen (secondary N) is 1. The molecule has 0 unspecified atom stereocenters. The van der Waals surface area contributed by atoms with Gasteiger partial charge in [-0.3, -0.25) is 4.79 Å². The predicted octanol–water partition coefficient (Wildman–Crippen LogP) is 2.90. The Labute approximate surface area is 153 Å². The van der Waals surface area contributed by atoms with Crippen LogP contribution in [0.3, 0.4) is 0 Å². The molecule has 0 atom stereocenters. The molecule has 1 heterocycles. The van der Waals surface area contributed by atoms with Crippen LogP contribution in [-0.2, 0) is 9.59 Å². The number of hydrogen-bond donors (Lipinski definition) is 2. The maximum absolute atomic E-state index is 12.5. The molecule has 3 amide bonds. The van der Waals surface area contributed by atoms with Gasteiger partial charge < -0.3 is 15.2 Å². The zero-order valence-corrected chi connectivity index (χ0v) is 14.1. The number of halogens is 1. The van der Waals surface area contributed by atoms with Crippen molar-refractivity contribution in [3.05, 3.63) is 64.8 Å². The van der Waals surface area contributed by atoms with Crippen molar-refractivity contribution in [2.24, 2.45) is 0 Å². The number of carbonyl (C=O) groups is 3. The second-order valence-electron chi connectivity index (χ2n) is 5.36. The van der Waals surface area contributed by atoms with Gasteiger partial charge in [0.15, 0.2) is 6.61 Å². The lowest BCUT2D eigenvalue weighted by Gasteiger charge is -2.11. The molecule has 8 heteroatoms. The molecular weight excluding hydrogens is 360 g/mol. The van der Waals surface area contributed by atoms with Crippen molar-refractivity contribution in [1.29, 1.82) is 0 Å². The molecule has 0 aliphatic carbocycles. The number of carboxylic acids is 1. The highest BCUT2D eigenvalue weighted by molar-refractivity contribution is 6.31. The Morgan fingerprint density at radius 3 is 2.38 bits per heavy atom. The van der Waals surface area contributed by atoms with Crippen LogP contribution < -0.4 is 15.0 Å². The van der Waals surface area contributed by atoms with Gasteiger partial charge >= 0.3 is 12.0 Å². The number of nitrogens with zero attached hydrogens (tertiary/aromatic N) is 1. The summed E-state index contributed by atoms with van der Waals surface area (Å²) in [4.78, 5) is 36.1. The highest BCUT2D eigenvalue weighted by Crippen LogP contribution is 2.24. The Bertz CT molecular complexity index is 891. The van der Waals surface area contributed by atoms with Gasteiger partial charge in [0.2, 0.25) is 0 Å². The average Bonchev–Trinajstić information content (AvgIpc) is 2.89. The third-order valence-electron chi connectivity index (χ3n) is 3.52. The first-order valence-corrected chi connectivity index (χ1v) is 7.89. The maximum Gasteiger partial charge on any atom is 0.341 e. The Hall–Kier alpha value is -3.32. The van der Waals surface area contributed by atoms with Gasteiger partial charge in [0.25, 0.3) is 5.91 Å². The Balaban J connectivity index is 1.77. The van der Waals surface area contributed by atoms with Gasteiger partial charge in [0, 0.05) is 5.02 Å². The number of amides is 3. The van der Waals surface area contributed by atoms with Gasteiger partial charge in [0.05, 0.1) is 5.69 Å². The van der Waals surface area contributed by atoms with Crippen molar-refractivity contribution >= 4 is 41.3 Å². The van der Waals surface area contributed by atoms with Crippen LogP contribution >= 0.6 is 11.6 Å². The third-order valence-corrected chi connectivity index (χ3v) is 3.77. The summed E-state index contributed by atoms with van der Waals surface area (Å²) in [7, 11) is 0. The van der Waals surface area contributed by atoms with Gasteiger partial charge in [-0.15, -0.1) is 0 Å². The highest BCUT2D eigenvalue weighted by atomic mass is 35.5. The highest BCUT2D eigenvalue weighted by Gasteiger charge is 2.34. The van der Waals surface area contributed by atoms with E-state index in [0.717, 1.165) is 4.90 Å². The molecule has 2 aromatic carbocycles. The molecule has 0 spiro atoms. The number of urea groups is 1. The Kier molecular flexibility index (Phi) is 4.90. The third kappa shape index (κ3) is 3.84. The quantitative estimate of drug-likeness (QED) is 0.621. The van der Waals surface area contributed by atoms with Crippen LogP contribution in [0.25, 0.3) is 6.08 Å². The number of carbonyl (C=O) groups excluding carboxylic acids is 2. The van der Waals surface area contributed by atoms with Crippen LogP contribution in [0.4, 0.5) is 10.5 Å². The number of anilines is 1. The lowest BCUT2D eigenvalue weighted by molar-refractivity contribution is -0.139.